The van der Waals surface area contributed by atoms with E-state index in [0.717, 1.165) is 11.3 Å². The number of rotatable bonds is 5. The fourth-order valence-corrected chi connectivity index (χ4v) is 2.13. The van der Waals surface area contributed by atoms with Crippen molar-refractivity contribution in [1.29, 1.82) is 0 Å². The zero-order chi connectivity index (χ0) is 15.3. The van der Waals surface area contributed by atoms with E-state index in [1.54, 1.807) is 6.92 Å². The van der Waals surface area contributed by atoms with Gasteiger partial charge < -0.3 is 10.4 Å². The number of para-hydroxylation sites is 1. The van der Waals surface area contributed by atoms with Crippen molar-refractivity contribution in [3.63, 3.8) is 0 Å². The van der Waals surface area contributed by atoms with Crippen LogP contribution in [0.1, 0.15) is 46.1 Å². The summed E-state index contributed by atoms with van der Waals surface area (Å²) >= 11 is 0. The average molecular weight is 277 g/mol. The van der Waals surface area contributed by atoms with Crippen LogP contribution in [0.4, 0.5) is 5.69 Å². The van der Waals surface area contributed by atoms with E-state index in [4.69, 9.17) is 5.11 Å². The summed E-state index contributed by atoms with van der Waals surface area (Å²) < 4.78 is 0. The highest BCUT2D eigenvalue weighted by Crippen LogP contribution is 2.29. The Kier molecular flexibility index (Phi) is 5.31. The third kappa shape index (κ3) is 5.03. The van der Waals surface area contributed by atoms with Gasteiger partial charge in [-0.15, -0.1) is 0 Å². The van der Waals surface area contributed by atoms with Crippen molar-refractivity contribution in [2.45, 2.75) is 46.0 Å². The van der Waals surface area contributed by atoms with Crippen LogP contribution in [0.5, 0.6) is 0 Å². The SMILES string of the molecule is C[C@@H](CC(=O)O)CC(=O)Nc1ccccc1C(C)(C)C. The molecule has 0 aliphatic carbocycles. The number of hydrogen-bond acceptors (Lipinski definition) is 2. The molecule has 4 nitrogen and oxygen atoms in total. The monoisotopic (exact) mass is 277 g/mol. The Labute approximate surface area is 120 Å². The number of carboxylic acids is 1. The molecule has 20 heavy (non-hydrogen) atoms. The van der Waals surface area contributed by atoms with Gasteiger partial charge >= 0.3 is 5.97 Å². The number of carboxylic acid groups (broad SMARTS) is 1. The lowest BCUT2D eigenvalue weighted by Gasteiger charge is -2.23. The summed E-state index contributed by atoms with van der Waals surface area (Å²) in [5, 5.41) is 11.6. The molecule has 1 aromatic rings. The molecule has 4 heteroatoms. The van der Waals surface area contributed by atoms with Gasteiger partial charge in [-0.05, 0) is 23.0 Å². The third-order valence-corrected chi connectivity index (χ3v) is 3.07. The van der Waals surface area contributed by atoms with Crippen LogP contribution in [0, 0.1) is 5.92 Å². The molecule has 110 valence electrons. The van der Waals surface area contributed by atoms with Crippen LogP contribution < -0.4 is 5.32 Å². The molecule has 0 radical (unpaired) electrons. The van der Waals surface area contributed by atoms with Crippen LogP contribution in [0.3, 0.4) is 0 Å². The molecule has 0 unspecified atom stereocenters. The van der Waals surface area contributed by atoms with E-state index < -0.39 is 5.97 Å². The van der Waals surface area contributed by atoms with E-state index in [2.05, 4.69) is 26.1 Å². The molecule has 1 atom stereocenters. The van der Waals surface area contributed by atoms with E-state index >= 15 is 0 Å². The first-order chi connectivity index (χ1) is 9.20. The molecule has 1 amide bonds. The minimum Gasteiger partial charge on any atom is -0.481 e. The number of carbonyl (C=O) groups is 2. The lowest BCUT2D eigenvalue weighted by molar-refractivity contribution is -0.138. The fraction of sp³-hybridized carbons (Fsp3) is 0.500. The second-order valence-electron chi connectivity index (χ2n) is 6.25. The molecular formula is C16H23NO3. The zero-order valence-electron chi connectivity index (χ0n) is 12.6. The van der Waals surface area contributed by atoms with E-state index in [-0.39, 0.29) is 30.1 Å². The first kappa shape index (κ1) is 16.2. The Hall–Kier alpha value is -1.84. The molecule has 2 N–H and O–H groups in total. The maximum atomic E-state index is 12.0. The van der Waals surface area contributed by atoms with Crippen LogP contribution in [-0.4, -0.2) is 17.0 Å². The van der Waals surface area contributed by atoms with E-state index in [9.17, 15) is 9.59 Å². The third-order valence-electron chi connectivity index (χ3n) is 3.07. The minimum absolute atomic E-state index is 0.00827. The Morgan fingerprint density at radius 3 is 2.35 bits per heavy atom. The van der Waals surface area contributed by atoms with Crippen LogP contribution in [-0.2, 0) is 15.0 Å². The molecule has 1 rings (SSSR count). The van der Waals surface area contributed by atoms with Gasteiger partial charge in [0.05, 0.1) is 0 Å². The van der Waals surface area contributed by atoms with Crippen molar-refractivity contribution in [2.24, 2.45) is 5.92 Å². The second kappa shape index (κ2) is 6.55. The second-order valence-corrected chi connectivity index (χ2v) is 6.25. The quantitative estimate of drug-likeness (QED) is 0.866. The predicted octanol–water partition coefficient (Wildman–Crippen LogP) is 3.42. The summed E-state index contributed by atoms with van der Waals surface area (Å²) in [6, 6.07) is 7.70. The number of nitrogens with one attached hydrogen (secondary N) is 1. The van der Waals surface area contributed by atoms with Gasteiger partial charge in [0.2, 0.25) is 5.91 Å². The molecule has 0 bridgehead atoms. The zero-order valence-corrected chi connectivity index (χ0v) is 12.6. The number of amides is 1. The normalized spacial score (nSPS) is 12.8. The molecule has 0 aliphatic rings. The van der Waals surface area contributed by atoms with E-state index in [0.29, 0.717) is 0 Å². The highest BCUT2D eigenvalue weighted by atomic mass is 16.4. The van der Waals surface area contributed by atoms with Crippen molar-refractivity contribution >= 4 is 17.6 Å². The Bertz CT molecular complexity index is 489. The number of hydrogen-bond donors (Lipinski definition) is 2. The summed E-state index contributed by atoms with van der Waals surface area (Å²) in [7, 11) is 0. The van der Waals surface area contributed by atoms with Gasteiger partial charge in [0.15, 0.2) is 0 Å². The number of aliphatic carboxylic acids is 1. The summed E-state index contributed by atoms with van der Waals surface area (Å²) in [4.78, 5) is 22.6. The van der Waals surface area contributed by atoms with Gasteiger partial charge in [0, 0.05) is 18.5 Å². The van der Waals surface area contributed by atoms with E-state index in [1.165, 1.54) is 0 Å². The van der Waals surface area contributed by atoms with Crippen molar-refractivity contribution < 1.29 is 14.7 Å². The molecule has 0 heterocycles. The van der Waals surface area contributed by atoms with Crippen LogP contribution in [0.15, 0.2) is 24.3 Å². The van der Waals surface area contributed by atoms with Gasteiger partial charge in [0.25, 0.3) is 0 Å². The van der Waals surface area contributed by atoms with Gasteiger partial charge in [-0.3, -0.25) is 9.59 Å². The Morgan fingerprint density at radius 2 is 1.80 bits per heavy atom. The first-order valence-electron chi connectivity index (χ1n) is 6.81. The van der Waals surface area contributed by atoms with Crippen LogP contribution in [0.25, 0.3) is 0 Å². The van der Waals surface area contributed by atoms with Gasteiger partial charge in [-0.1, -0.05) is 45.9 Å². The van der Waals surface area contributed by atoms with Crippen molar-refractivity contribution in [2.75, 3.05) is 5.32 Å². The standard InChI is InChI=1S/C16H23NO3/c1-11(10-15(19)20)9-14(18)17-13-8-6-5-7-12(13)16(2,3)4/h5-8,11H,9-10H2,1-4H3,(H,17,18)(H,19,20)/t11-/m1/s1. The predicted molar refractivity (Wildman–Crippen MR) is 79.8 cm³/mol. The van der Waals surface area contributed by atoms with E-state index in [1.807, 2.05) is 24.3 Å². The number of anilines is 1. The lowest BCUT2D eigenvalue weighted by atomic mass is 9.86. The smallest absolute Gasteiger partial charge is 0.303 e. The molecule has 0 saturated carbocycles. The number of carbonyl (C=O) groups excluding carboxylic acids is 1. The van der Waals surface area contributed by atoms with Crippen molar-refractivity contribution in [3.05, 3.63) is 29.8 Å². The van der Waals surface area contributed by atoms with Crippen LogP contribution in [0.2, 0.25) is 0 Å². The molecule has 1 aromatic carbocycles. The topological polar surface area (TPSA) is 66.4 Å². The Morgan fingerprint density at radius 1 is 1.20 bits per heavy atom. The molecule has 0 fully saturated rings. The molecule has 0 aliphatic heterocycles. The lowest BCUT2D eigenvalue weighted by Crippen LogP contribution is -2.20. The van der Waals surface area contributed by atoms with Crippen molar-refractivity contribution in [1.82, 2.24) is 0 Å². The van der Waals surface area contributed by atoms with Gasteiger partial charge in [0.1, 0.15) is 0 Å². The molecular weight excluding hydrogens is 254 g/mol. The largest absolute Gasteiger partial charge is 0.481 e. The minimum atomic E-state index is -0.875. The first-order valence-corrected chi connectivity index (χ1v) is 6.81. The highest BCUT2D eigenvalue weighted by Gasteiger charge is 2.19. The van der Waals surface area contributed by atoms with Gasteiger partial charge in [-0.2, -0.15) is 0 Å². The summed E-state index contributed by atoms with van der Waals surface area (Å²) in [5.41, 5.74) is 1.81. The van der Waals surface area contributed by atoms with Crippen molar-refractivity contribution in [3.8, 4) is 0 Å². The molecule has 0 aromatic heterocycles. The molecule has 0 spiro atoms. The summed E-state index contributed by atoms with van der Waals surface area (Å²) in [5.74, 6) is -1.19. The van der Waals surface area contributed by atoms with Crippen LogP contribution >= 0.6 is 0 Å². The maximum Gasteiger partial charge on any atom is 0.303 e. The summed E-state index contributed by atoms with van der Waals surface area (Å²) in [6.45, 7) is 8.03. The molecule has 0 saturated heterocycles. The Balaban J connectivity index is 2.74. The average Bonchev–Trinajstić information content (AvgIpc) is 2.26. The highest BCUT2D eigenvalue weighted by molar-refractivity contribution is 5.92. The van der Waals surface area contributed by atoms with Gasteiger partial charge in [-0.25, -0.2) is 0 Å². The fourth-order valence-electron chi connectivity index (χ4n) is 2.13. The number of benzene rings is 1. The maximum absolute atomic E-state index is 12.0. The summed E-state index contributed by atoms with van der Waals surface area (Å²) in [6.07, 6.45) is 0.221.